The van der Waals surface area contributed by atoms with Crippen LogP contribution in [0.25, 0.3) is 10.7 Å². The molecule has 2 atom stereocenters. The van der Waals surface area contributed by atoms with Crippen molar-refractivity contribution in [2.75, 3.05) is 13.1 Å². The molecule has 3 rings (SSSR count). The van der Waals surface area contributed by atoms with E-state index in [2.05, 4.69) is 27.4 Å². The number of nitrogens with zero attached hydrogens (tertiary/aromatic N) is 2. The predicted molar refractivity (Wildman–Crippen MR) is 64.5 cm³/mol. The molecule has 0 aliphatic carbocycles. The van der Waals surface area contributed by atoms with Crippen LogP contribution >= 0.6 is 11.3 Å². The maximum atomic E-state index is 4.59. The van der Waals surface area contributed by atoms with Crippen molar-refractivity contribution in [3.05, 3.63) is 23.3 Å². The molecule has 84 valence electrons. The fourth-order valence-corrected chi connectivity index (χ4v) is 2.79. The van der Waals surface area contributed by atoms with Crippen molar-refractivity contribution in [3.8, 4) is 10.7 Å². The van der Waals surface area contributed by atoms with Gasteiger partial charge in [-0.3, -0.25) is 5.10 Å². The Morgan fingerprint density at radius 3 is 3.06 bits per heavy atom. The summed E-state index contributed by atoms with van der Waals surface area (Å²) in [6.07, 6.45) is 0. The monoisotopic (exact) mass is 234 g/mol. The van der Waals surface area contributed by atoms with Crippen molar-refractivity contribution in [1.29, 1.82) is 0 Å². The molecule has 16 heavy (non-hydrogen) atoms. The van der Waals surface area contributed by atoms with E-state index in [-0.39, 0.29) is 0 Å². The molecule has 2 N–H and O–H groups in total. The van der Waals surface area contributed by atoms with Crippen LogP contribution in [0.5, 0.6) is 0 Å². The van der Waals surface area contributed by atoms with Crippen LogP contribution in [0.4, 0.5) is 0 Å². The lowest BCUT2D eigenvalue weighted by atomic mass is 9.98. The number of nitrogens with one attached hydrogen (secondary N) is 2. The van der Waals surface area contributed by atoms with Gasteiger partial charge in [-0.05, 0) is 23.9 Å². The SMILES string of the molecule is C[C@@H]1CNC[C@H]1c1nc(-c2cccs2)n[nH]1. The van der Waals surface area contributed by atoms with E-state index in [9.17, 15) is 0 Å². The van der Waals surface area contributed by atoms with Gasteiger partial charge in [-0.15, -0.1) is 11.3 Å². The van der Waals surface area contributed by atoms with Crippen LogP contribution in [-0.4, -0.2) is 28.3 Å². The van der Waals surface area contributed by atoms with Crippen LogP contribution in [0.15, 0.2) is 17.5 Å². The summed E-state index contributed by atoms with van der Waals surface area (Å²) in [5, 5.41) is 12.8. The largest absolute Gasteiger partial charge is 0.316 e. The third-order valence-electron chi connectivity index (χ3n) is 3.11. The minimum absolute atomic E-state index is 0.473. The highest BCUT2D eigenvalue weighted by atomic mass is 32.1. The van der Waals surface area contributed by atoms with Crippen molar-refractivity contribution in [3.63, 3.8) is 0 Å². The highest BCUT2D eigenvalue weighted by molar-refractivity contribution is 7.13. The fourth-order valence-electron chi connectivity index (χ4n) is 2.13. The average Bonchev–Trinajstić information content (AvgIpc) is 2.96. The lowest BCUT2D eigenvalue weighted by molar-refractivity contribution is 0.547. The summed E-state index contributed by atoms with van der Waals surface area (Å²) in [5.41, 5.74) is 0. The molecule has 0 radical (unpaired) electrons. The molecule has 2 aromatic heterocycles. The number of hydrogen-bond acceptors (Lipinski definition) is 4. The zero-order chi connectivity index (χ0) is 11.0. The molecule has 3 heterocycles. The number of thiophene rings is 1. The van der Waals surface area contributed by atoms with Gasteiger partial charge in [0, 0.05) is 12.5 Å². The number of aromatic amines is 1. The highest BCUT2D eigenvalue weighted by Gasteiger charge is 2.27. The summed E-state index contributed by atoms with van der Waals surface area (Å²) in [7, 11) is 0. The number of hydrogen-bond donors (Lipinski definition) is 2. The molecule has 1 aliphatic heterocycles. The minimum Gasteiger partial charge on any atom is -0.316 e. The number of rotatable bonds is 2. The Balaban J connectivity index is 1.88. The maximum absolute atomic E-state index is 4.59. The molecule has 1 fully saturated rings. The van der Waals surface area contributed by atoms with E-state index in [1.165, 1.54) is 0 Å². The Morgan fingerprint density at radius 1 is 1.44 bits per heavy atom. The van der Waals surface area contributed by atoms with Crippen LogP contribution < -0.4 is 5.32 Å². The van der Waals surface area contributed by atoms with E-state index in [1.54, 1.807) is 11.3 Å². The van der Waals surface area contributed by atoms with Gasteiger partial charge in [-0.1, -0.05) is 13.0 Å². The molecule has 2 aromatic rings. The Hall–Kier alpha value is -1.20. The summed E-state index contributed by atoms with van der Waals surface area (Å²) in [4.78, 5) is 5.71. The van der Waals surface area contributed by atoms with Crippen molar-refractivity contribution in [1.82, 2.24) is 20.5 Å². The Labute approximate surface area is 98.1 Å². The first-order valence-corrected chi connectivity index (χ1v) is 6.39. The minimum atomic E-state index is 0.473. The molecular formula is C11H14N4S. The second-order valence-corrected chi connectivity index (χ2v) is 5.21. The molecule has 0 saturated carbocycles. The molecule has 4 nitrogen and oxygen atoms in total. The third kappa shape index (κ3) is 1.66. The first kappa shape index (κ1) is 9.99. The van der Waals surface area contributed by atoms with E-state index >= 15 is 0 Å². The van der Waals surface area contributed by atoms with Crippen molar-refractivity contribution in [2.45, 2.75) is 12.8 Å². The Kier molecular flexibility index (Phi) is 2.49. The lowest BCUT2D eigenvalue weighted by Crippen LogP contribution is -2.09. The van der Waals surface area contributed by atoms with E-state index in [0.717, 1.165) is 29.6 Å². The highest BCUT2D eigenvalue weighted by Crippen LogP contribution is 2.27. The third-order valence-corrected chi connectivity index (χ3v) is 3.98. The Bertz CT molecular complexity index is 462. The maximum Gasteiger partial charge on any atom is 0.191 e. The average molecular weight is 234 g/mol. The summed E-state index contributed by atoms with van der Waals surface area (Å²) < 4.78 is 0. The second kappa shape index (κ2) is 3.99. The van der Waals surface area contributed by atoms with Crippen LogP contribution in [0.3, 0.4) is 0 Å². The van der Waals surface area contributed by atoms with E-state index in [1.807, 2.05) is 17.5 Å². The second-order valence-electron chi connectivity index (χ2n) is 4.26. The molecule has 1 aliphatic rings. The summed E-state index contributed by atoms with van der Waals surface area (Å²) in [5.74, 6) is 2.94. The molecule has 0 amide bonds. The van der Waals surface area contributed by atoms with Crippen LogP contribution in [0.2, 0.25) is 0 Å². The first-order valence-electron chi connectivity index (χ1n) is 5.51. The normalized spacial score (nSPS) is 25.1. The van der Waals surface area contributed by atoms with Gasteiger partial charge >= 0.3 is 0 Å². The molecule has 0 aromatic carbocycles. The van der Waals surface area contributed by atoms with Crippen LogP contribution in [0.1, 0.15) is 18.7 Å². The van der Waals surface area contributed by atoms with Gasteiger partial charge in [0.25, 0.3) is 0 Å². The van der Waals surface area contributed by atoms with Crippen molar-refractivity contribution >= 4 is 11.3 Å². The van der Waals surface area contributed by atoms with Gasteiger partial charge in [0.1, 0.15) is 5.82 Å². The van der Waals surface area contributed by atoms with Crippen LogP contribution in [-0.2, 0) is 0 Å². The fraction of sp³-hybridized carbons (Fsp3) is 0.455. The van der Waals surface area contributed by atoms with Gasteiger partial charge in [-0.2, -0.15) is 5.10 Å². The summed E-state index contributed by atoms with van der Waals surface area (Å²) >= 11 is 1.67. The quantitative estimate of drug-likeness (QED) is 0.834. The Morgan fingerprint density at radius 2 is 2.38 bits per heavy atom. The van der Waals surface area contributed by atoms with Crippen molar-refractivity contribution in [2.24, 2.45) is 5.92 Å². The number of aromatic nitrogens is 3. The predicted octanol–water partition coefficient (Wildman–Crippen LogP) is 1.86. The van der Waals surface area contributed by atoms with Crippen molar-refractivity contribution < 1.29 is 0 Å². The van der Waals surface area contributed by atoms with Crippen LogP contribution in [0, 0.1) is 5.92 Å². The van der Waals surface area contributed by atoms with E-state index < -0.39 is 0 Å². The van der Waals surface area contributed by atoms with Gasteiger partial charge < -0.3 is 5.32 Å². The molecular weight excluding hydrogens is 220 g/mol. The van der Waals surface area contributed by atoms with Gasteiger partial charge in [0.15, 0.2) is 5.82 Å². The lowest BCUT2D eigenvalue weighted by Gasteiger charge is -2.09. The molecule has 1 saturated heterocycles. The smallest absolute Gasteiger partial charge is 0.191 e. The molecule has 0 spiro atoms. The van der Waals surface area contributed by atoms with E-state index in [4.69, 9.17) is 0 Å². The molecule has 0 unspecified atom stereocenters. The summed E-state index contributed by atoms with van der Waals surface area (Å²) in [6.45, 7) is 4.32. The van der Waals surface area contributed by atoms with Gasteiger partial charge in [0.2, 0.25) is 0 Å². The van der Waals surface area contributed by atoms with E-state index in [0.29, 0.717) is 11.8 Å². The zero-order valence-electron chi connectivity index (χ0n) is 9.10. The zero-order valence-corrected chi connectivity index (χ0v) is 9.92. The topological polar surface area (TPSA) is 53.6 Å². The standard InChI is InChI=1S/C11H14N4S/c1-7-5-12-6-8(7)10-13-11(15-14-10)9-3-2-4-16-9/h2-4,7-8,12H,5-6H2,1H3,(H,13,14,15)/t7-,8-/m1/s1. The first-order chi connectivity index (χ1) is 7.84. The van der Waals surface area contributed by atoms with Gasteiger partial charge in [0.05, 0.1) is 4.88 Å². The molecule has 5 heteroatoms. The molecule has 0 bridgehead atoms. The summed E-state index contributed by atoms with van der Waals surface area (Å²) in [6, 6.07) is 4.07. The van der Waals surface area contributed by atoms with Gasteiger partial charge in [-0.25, -0.2) is 4.98 Å². The number of H-pyrrole nitrogens is 1.